The summed E-state index contributed by atoms with van der Waals surface area (Å²) in [4.78, 5) is 12.3. The molecule has 1 heterocycles. The summed E-state index contributed by atoms with van der Waals surface area (Å²) in [5.74, 6) is 1.14. The molecule has 1 aliphatic rings. The van der Waals surface area contributed by atoms with Crippen LogP contribution in [0.2, 0.25) is 0 Å². The highest BCUT2D eigenvalue weighted by molar-refractivity contribution is 6.04. The fourth-order valence-corrected chi connectivity index (χ4v) is 2.82. The molecule has 132 valence electrons. The Labute approximate surface area is 149 Å². The van der Waals surface area contributed by atoms with Crippen LogP contribution in [0.4, 0.5) is 5.69 Å². The first-order valence-electron chi connectivity index (χ1n) is 8.87. The van der Waals surface area contributed by atoms with Gasteiger partial charge in [-0.15, -0.1) is 0 Å². The minimum atomic E-state index is -0.108. The zero-order chi connectivity index (χ0) is 17.6. The third-order valence-electron chi connectivity index (χ3n) is 4.41. The lowest BCUT2D eigenvalue weighted by molar-refractivity contribution is 0.0679. The average molecular weight is 339 g/mol. The van der Waals surface area contributed by atoms with Crippen LogP contribution in [0.3, 0.4) is 0 Å². The van der Waals surface area contributed by atoms with Gasteiger partial charge in [-0.05, 0) is 60.7 Å². The Hall–Kier alpha value is -2.33. The quantitative estimate of drug-likeness (QED) is 0.835. The molecule has 0 spiro atoms. The summed E-state index contributed by atoms with van der Waals surface area (Å²) in [7, 11) is 0. The zero-order valence-electron chi connectivity index (χ0n) is 14.8. The van der Waals surface area contributed by atoms with Crippen LogP contribution < -0.4 is 10.1 Å². The molecule has 1 aliphatic heterocycles. The summed E-state index contributed by atoms with van der Waals surface area (Å²) in [6.45, 7) is 5.68. The van der Waals surface area contributed by atoms with Gasteiger partial charge >= 0.3 is 0 Å². The van der Waals surface area contributed by atoms with E-state index >= 15 is 0 Å². The molecule has 2 aromatic carbocycles. The lowest BCUT2D eigenvalue weighted by Crippen LogP contribution is -2.16. The normalized spacial score (nSPS) is 16.8. The van der Waals surface area contributed by atoms with Gasteiger partial charge in [-0.25, -0.2) is 0 Å². The summed E-state index contributed by atoms with van der Waals surface area (Å²) >= 11 is 0. The van der Waals surface area contributed by atoms with E-state index < -0.39 is 0 Å². The van der Waals surface area contributed by atoms with Crippen molar-refractivity contribution in [3.63, 3.8) is 0 Å². The first-order chi connectivity index (χ1) is 12.1. The minimum absolute atomic E-state index is 0.108. The SMILES string of the molecule is CC(C)c1ccc(C(=O)Nc2ccc(OC[C@@H]3CCCO3)cc2)cc1. The largest absolute Gasteiger partial charge is 0.491 e. The number of anilines is 1. The van der Waals surface area contributed by atoms with Gasteiger partial charge in [-0.2, -0.15) is 0 Å². The van der Waals surface area contributed by atoms with Crippen LogP contribution in [-0.4, -0.2) is 25.2 Å². The molecule has 1 atom stereocenters. The molecule has 1 N–H and O–H groups in total. The van der Waals surface area contributed by atoms with E-state index in [1.807, 2.05) is 48.5 Å². The molecule has 0 bridgehead atoms. The average Bonchev–Trinajstić information content (AvgIpc) is 3.15. The Kier molecular flexibility index (Phi) is 5.71. The van der Waals surface area contributed by atoms with Gasteiger partial charge in [0.25, 0.3) is 5.91 Å². The maximum absolute atomic E-state index is 12.3. The summed E-state index contributed by atoms with van der Waals surface area (Å²) < 4.78 is 11.3. The summed E-state index contributed by atoms with van der Waals surface area (Å²) in [6, 6.07) is 15.2. The van der Waals surface area contributed by atoms with Crippen molar-refractivity contribution in [2.45, 2.75) is 38.7 Å². The molecule has 0 radical (unpaired) electrons. The van der Waals surface area contributed by atoms with Gasteiger partial charge in [0.2, 0.25) is 0 Å². The fourth-order valence-electron chi connectivity index (χ4n) is 2.82. The van der Waals surface area contributed by atoms with Crippen LogP contribution in [0.1, 0.15) is 48.5 Å². The molecule has 4 heteroatoms. The second-order valence-corrected chi connectivity index (χ2v) is 6.70. The highest BCUT2D eigenvalue weighted by atomic mass is 16.5. The Morgan fingerprint density at radius 3 is 2.48 bits per heavy atom. The predicted octanol–water partition coefficient (Wildman–Crippen LogP) is 4.62. The fraction of sp³-hybridized carbons (Fsp3) is 0.381. The molecule has 2 aromatic rings. The highest BCUT2D eigenvalue weighted by Gasteiger charge is 2.16. The third kappa shape index (κ3) is 4.83. The third-order valence-corrected chi connectivity index (χ3v) is 4.41. The van der Waals surface area contributed by atoms with Gasteiger partial charge in [0.1, 0.15) is 12.4 Å². The van der Waals surface area contributed by atoms with E-state index in [0.717, 1.165) is 30.9 Å². The number of nitrogens with one attached hydrogen (secondary N) is 1. The van der Waals surface area contributed by atoms with Crippen LogP contribution in [-0.2, 0) is 4.74 Å². The van der Waals surface area contributed by atoms with E-state index in [9.17, 15) is 4.79 Å². The maximum Gasteiger partial charge on any atom is 0.255 e. The van der Waals surface area contributed by atoms with Crippen LogP contribution in [0, 0.1) is 0 Å². The smallest absolute Gasteiger partial charge is 0.255 e. The van der Waals surface area contributed by atoms with Crippen molar-refractivity contribution in [2.24, 2.45) is 0 Å². The predicted molar refractivity (Wildman–Crippen MR) is 99.4 cm³/mol. The second kappa shape index (κ2) is 8.17. The van der Waals surface area contributed by atoms with Crippen molar-refractivity contribution in [1.82, 2.24) is 0 Å². The van der Waals surface area contributed by atoms with Crippen molar-refractivity contribution < 1.29 is 14.3 Å². The van der Waals surface area contributed by atoms with Crippen LogP contribution in [0.15, 0.2) is 48.5 Å². The Balaban J connectivity index is 1.54. The lowest BCUT2D eigenvalue weighted by Gasteiger charge is -2.12. The van der Waals surface area contributed by atoms with E-state index in [0.29, 0.717) is 18.1 Å². The summed E-state index contributed by atoms with van der Waals surface area (Å²) in [5, 5.41) is 2.91. The van der Waals surface area contributed by atoms with Crippen molar-refractivity contribution in [3.05, 3.63) is 59.7 Å². The molecule has 25 heavy (non-hydrogen) atoms. The van der Waals surface area contributed by atoms with Gasteiger partial charge < -0.3 is 14.8 Å². The van der Waals surface area contributed by atoms with Gasteiger partial charge in [-0.3, -0.25) is 4.79 Å². The summed E-state index contributed by atoms with van der Waals surface area (Å²) in [5.41, 5.74) is 2.63. The van der Waals surface area contributed by atoms with E-state index in [1.54, 1.807) is 0 Å². The molecular weight excluding hydrogens is 314 g/mol. The first-order valence-corrected chi connectivity index (χ1v) is 8.87. The molecule has 0 saturated carbocycles. The van der Waals surface area contributed by atoms with E-state index in [2.05, 4.69) is 19.2 Å². The molecule has 0 unspecified atom stereocenters. The Bertz CT molecular complexity index is 686. The van der Waals surface area contributed by atoms with Gasteiger partial charge in [0.05, 0.1) is 6.10 Å². The summed E-state index contributed by atoms with van der Waals surface area (Å²) in [6.07, 6.45) is 2.37. The molecule has 3 rings (SSSR count). The van der Waals surface area contributed by atoms with Crippen LogP contribution >= 0.6 is 0 Å². The van der Waals surface area contributed by atoms with Crippen LogP contribution in [0.25, 0.3) is 0 Å². The molecule has 1 amide bonds. The van der Waals surface area contributed by atoms with E-state index in [-0.39, 0.29) is 12.0 Å². The standard InChI is InChI=1S/C21H25NO3/c1-15(2)16-5-7-17(8-6-16)21(23)22-18-9-11-19(12-10-18)25-14-20-4-3-13-24-20/h5-12,15,20H,3-4,13-14H2,1-2H3,(H,22,23)/t20-/m0/s1. The number of ether oxygens (including phenoxy) is 2. The van der Waals surface area contributed by atoms with Gasteiger partial charge in [-0.1, -0.05) is 26.0 Å². The number of amides is 1. The first kappa shape index (κ1) is 17.5. The van der Waals surface area contributed by atoms with E-state index in [4.69, 9.17) is 9.47 Å². The monoisotopic (exact) mass is 339 g/mol. The number of rotatable bonds is 6. The molecule has 0 aromatic heterocycles. The number of hydrogen-bond acceptors (Lipinski definition) is 3. The lowest BCUT2D eigenvalue weighted by atomic mass is 10.0. The highest BCUT2D eigenvalue weighted by Crippen LogP contribution is 2.20. The minimum Gasteiger partial charge on any atom is -0.491 e. The van der Waals surface area contributed by atoms with E-state index in [1.165, 1.54) is 5.56 Å². The maximum atomic E-state index is 12.3. The van der Waals surface area contributed by atoms with Crippen molar-refractivity contribution in [3.8, 4) is 5.75 Å². The molecule has 1 saturated heterocycles. The number of carbonyl (C=O) groups is 1. The Morgan fingerprint density at radius 2 is 1.88 bits per heavy atom. The molecular formula is C21H25NO3. The zero-order valence-corrected chi connectivity index (χ0v) is 14.8. The number of benzene rings is 2. The second-order valence-electron chi connectivity index (χ2n) is 6.70. The van der Waals surface area contributed by atoms with Crippen molar-refractivity contribution >= 4 is 11.6 Å². The molecule has 1 fully saturated rings. The number of carbonyl (C=O) groups excluding carboxylic acids is 1. The number of hydrogen-bond donors (Lipinski definition) is 1. The Morgan fingerprint density at radius 1 is 1.16 bits per heavy atom. The van der Waals surface area contributed by atoms with Gasteiger partial charge in [0, 0.05) is 17.9 Å². The topological polar surface area (TPSA) is 47.6 Å². The van der Waals surface area contributed by atoms with Gasteiger partial charge in [0.15, 0.2) is 0 Å². The molecule has 4 nitrogen and oxygen atoms in total. The van der Waals surface area contributed by atoms with Crippen LogP contribution in [0.5, 0.6) is 5.75 Å². The van der Waals surface area contributed by atoms with Crippen molar-refractivity contribution in [1.29, 1.82) is 0 Å². The van der Waals surface area contributed by atoms with Crippen molar-refractivity contribution in [2.75, 3.05) is 18.5 Å². The molecule has 0 aliphatic carbocycles.